The smallest absolute Gasteiger partial charge is 0.305 e. The molecular weight excluding hydrogens is 244 g/mol. The topological polar surface area (TPSA) is 69.6 Å². The Morgan fingerprint density at radius 1 is 1.21 bits per heavy atom. The van der Waals surface area contributed by atoms with Crippen molar-refractivity contribution in [3.63, 3.8) is 0 Å². The first-order valence-electron chi connectivity index (χ1n) is 6.37. The molecule has 0 spiro atoms. The van der Waals surface area contributed by atoms with E-state index in [9.17, 15) is 9.59 Å². The van der Waals surface area contributed by atoms with E-state index in [1.807, 2.05) is 37.4 Å². The molecule has 0 aliphatic heterocycles. The third-order valence-corrected chi connectivity index (χ3v) is 2.74. The number of benzene rings is 1. The number of amides is 1. The number of carboxylic acid groups (broad SMARTS) is 1. The van der Waals surface area contributed by atoms with E-state index in [0.717, 1.165) is 18.7 Å². The highest BCUT2D eigenvalue weighted by Crippen LogP contribution is 2.15. The molecule has 0 aromatic heterocycles. The van der Waals surface area contributed by atoms with Crippen LogP contribution in [-0.2, 0) is 9.59 Å². The Hall–Kier alpha value is -1.88. The van der Waals surface area contributed by atoms with Gasteiger partial charge in [-0.05, 0) is 32.1 Å². The number of anilines is 1. The van der Waals surface area contributed by atoms with Crippen LogP contribution in [-0.4, -0.2) is 37.1 Å². The van der Waals surface area contributed by atoms with Crippen LogP contribution < -0.4 is 10.2 Å². The van der Waals surface area contributed by atoms with Crippen LogP contribution in [0.2, 0.25) is 0 Å². The van der Waals surface area contributed by atoms with Gasteiger partial charge in [-0.15, -0.1) is 0 Å². The van der Waals surface area contributed by atoms with Gasteiger partial charge < -0.3 is 15.3 Å². The van der Waals surface area contributed by atoms with Crippen molar-refractivity contribution in [2.45, 2.75) is 19.3 Å². The van der Waals surface area contributed by atoms with Gasteiger partial charge in [-0.1, -0.05) is 18.2 Å². The van der Waals surface area contributed by atoms with Crippen LogP contribution in [0, 0.1) is 0 Å². The lowest BCUT2D eigenvalue weighted by Gasteiger charge is -2.22. The van der Waals surface area contributed by atoms with Crippen molar-refractivity contribution in [1.82, 2.24) is 5.32 Å². The summed E-state index contributed by atoms with van der Waals surface area (Å²) in [5.74, 6) is -0.938. The standard InChI is InChI=1S/C14H20N2O3/c1-15-10-5-8-13(17)16(11-9-14(18)19)12-6-3-2-4-7-12/h2-4,6-7,15H,5,8-11H2,1H3,(H,18,19). The molecule has 1 aromatic carbocycles. The van der Waals surface area contributed by atoms with Crippen LogP contribution in [0.5, 0.6) is 0 Å². The molecule has 0 saturated heterocycles. The van der Waals surface area contributed by atoms with E-state index in [1.165, 1.54) is 0 Å². The molecule has 2 N–H and O–H groups in total. The number of rotatable bonds is 8. The van der Waals surface area contributed by atoms with Crippen LogP contribution in [0.3, 0.4) is 0 Å². The fraction of sp³-hybridized carbons (Fsp3) is 0.429. The van der Waals surface area contributed by atoms with Crippen molar-refractivity contribution < 1.29 is 14.7 Å². The Kier molecular flexibility index (Phi) is 6.60. The predicted molar refractivity (Wildman–Crippen MR) is 74.2 cm³/mol. The maximum absolute atomic E-state index is 12.1. The molecule has 0 saturated carbocycles. The van der Waals surface area contributed by atoms with Crippen molar-refractivity contribution >= 4 is 17.6 Å². The quantitative estimate of drug-likeness (QED) is 0.698. The van der Waals surface area contributed by atoms with E-state index in [1.54, 1.807) is 4.90 Å². The molecular formula is C14H20N2O3. The molecule has 5 heteroatoms. The largest absolute Gasteiger partial charge is 0.481 e. The molecule has 0 fully saturated rings. The van der Waals surface area contributed by atoms with Crippen molar-refractivity contribution in [2.75, 3.05) is 25.0 Å². The molecule has 0 radical (unpaired) electrons. The minimum atomic E-state index is -0.899. The van der Waals surface area contributed by atoms with Crippen molar-refractivity contribution in [3.05, 3.63) is 30.3 Å². The summed E-state index contributed by atoms with van der Waals surface area (Å²) in [7, 11) is 1.84. The molecule has 104 valence electrons. The summed E-state index contributed by atoms with van der Waals surface area (Å²) in [6, 6.07) is 9.17. The summed E-state index contributed by atoms with van der Waals surface area (Å²) in [4.78, 5) is 24.4. The molecule has 0 aliphatic rings. The van der Waals surface area contributed by atoms with Gasteiger partial charge in [0.05, 0.1) is 6.42 Å². The van der Waals surface area contributed by atoms with Gasteiger partial charge in [0.1, 0.15) is 0 Å². The van der Waals surface area contributed by atoms with Gasteiger partial charge in [0.25, 0.3) is 0 Å². The highest BCUT2D eigenvalue weighted by atomic mass is 16.4. The minimum absolute atomic E-state index is 0.0392. The lowest BCUT2D eigenvalue weighted by Crippen LogP contribution is -2.33. The Balaban J connectivity index is 2.69. The number of aliphatic carboxylic acids is 1. The number of carbonyl (C=O) groups is 2. The molecule has 0 unspecified atom stereocenters. The van der Waals surface area contributed by atoms with E-state index in [0.29, 0.717) is 6.42 Å². The van der Waals surface area contributed by atoms with E-state index in [-0.39, 0.29) is 18.9 Å². The van der Waals surface area contributed by atoms with Gasteiger partial charge in [-0.25, -0.2) is 0 Å². The number of nitrogens with one attached hydrogen (secondary N) is 1. The second-order valence-electron chi connectivity index (χ2n) is 4.23. The first-order valence-corrected chi connectivity index (χ1v) is 6.37. The van der Waals surface area contributed by atoms with E-state index in [4.69, 9.17) is 5.11 Å². The molecule has 1 amide bonds. The summed E-state index contributed by atoms with van der Waals surface area (Å²) in [6.07, 6.45) is 1.10. The second-order valence-corrected chi connectivity index (χ2v) is 4.23. The van der Waals surface area contributed by atoms with Crippen LogP contribution in [0.15, 0.2) is 30.3 Å². The van der Waals surface area contributed by atoms with Gasteiger partial charge in [-0.3, -0.25) is 9.59 Å². The predicted octanol–water partition coefficient (Wildman–Crippen LogP) is 1.49. The van der Waals surface area contributed by atoms with E-state index in [2.05, 4.69) is 5.32 Å². The number of hydrogen-bond donors (Lipinski definition) is 2. The Morgan fingerprint density at radius 2 is 1.89 bits per heavy atom. The molecule has 0 heterocycles. The minimum Gasteiger partial charge on any atom is -0.481 e. The van der Waals surface area contributed by atoms with Crippen LogP contribution >= 0.6 is 0 Å². The first-order chi connectivity index (χ1) is 9.15. The molecule has 1 rings (SSSR count). The monoisotopic (exact) mass is 264 g/mol. The lowest BCUT2D eigenvalue weighted by atomic mass is 10.2. The summed E-state index contributed by atoms with van der Waals surface area (Å²) in [6.45, 7) is 0.977. The lowest BCUT2D eigenvalue weighted by molar-refractivity contribution is -0.136. The molecule has 19 heavy (non-hydrogen) atoms. The third-order valence-electron chi connectivity index (χ3n) is 2.74. The summed E-state index contributed by atoms with van der Waals surface area (Å²) in [5, 5.41) is 11.7. The molecule has 1 aromatic rings. The summed E-state index contributed by atoms with van der Waals surface area (Å²) < 4.78 is 0. The molecule has 0 atom stereocenters. The number of hydrogen-bond acceptors (Lipinski definition) is 3. The zero-order valence-electron chi connectivity index (χ0n) is 11.1. The fourth-order valence-corrected chi connectivity index (χ4v) is 1.76. The summed E-state index contributed by atoms with van der Waals surface area (Å²) in [5.41, 5.74) is 0.748. The van der Waals surface area contributed by atoms with E-state index < -0.39 is 5.97 Å². The molecule has 0 aliphatic carbocycles. The number of para-hydroxylation sites is 1. The van der Waals surface area contributed by atoms with Crippen LogP contribution in [0.4, 0.5) is 5.69 Å². The van der Waals surface area contributed by atoms with Crippen LogP contribution in [0.1, 0.15) is 19.3 Å². The first kappa shape index (κ1) is 15.2. The Labute approximate surface area is 113 Å². The average molecular weight is 264 g/mol. The fourth-order valence-electron chi connectivity index (χ4n) is 1.76. The Bertz CT molecular complexity index is 406. The van der Waals surface area contributed by atoms with E-state index >= 15 is 0 Å². The molecule has 5 nitrogen and oxygen atoms in total. The van der Waals surface area contributed by atoms with Gasteiger partial charge in [-0.2, -0.15) is 0 Å². The zero-order chi connectivity index (χ0) is 14.1. The average Bonchev–Trinajstić information content (AvgIpc) is 2.40. The van der Waals surface area contributed by atoms with Gasteiger partial charge >= 0.3 is 5.97 Å². The second kappa shape index (κ2) is 8.26. The number of carboxylic acids is 1. The normalized spacial score (nSPS) is 10.2. The van der Waals surface area contributed by atoms with Crippen molar-refractivity contribution in [3.8, 4) is 0 Å². The van der Waals surface area contributed by atoms with Crippen LogP contribution in [0.25, 0.3) is 0 Å². The maximum Gasteiger partial charge on any atom is 0.305 e. The third kappa shape index (κ3) is 5.52. The van der Waals surface area contributed by atoms with Gasteiger partial charge in [0.15, 0.2) is 0 Å². The SMILES string of the molecule is CNCCCC(=O)N(CCC(=O)O)c1ccccc1. The number of carbonyl (C=O) groups excluding carboxylic acids is 1. The van der Waals surface area contributed by atoms with Crippen molar-refractivity contribution in [2.24, 2.45) is 0 Å². The maximum atomic E-state index is 12.1. The van der Waals surface area contributed by atoms with Crippen molar-refractivity contribution in [1.29, 1.82) is 0 Å². The highest BCUT2D eigenvalue weighted by molar-refractivity contribution is 5.93. The highest BCUT2D eigenvalue weighted by Gasteiger charge is 2.16. The van der Waals surface area contributed by atoms with Gasteiger partial charge in [0, 0.05) is 18.7 Å². The zero-order valence-corrected chi connectivity index (χ0v) is 11.1. The van der Waals surface area contributed by atoms with Gasteiger partial charge in [0.2, 0.25) is 5.91 Å². The molecule has 0 bridgehead atoms. The summed E-state index contributed by atoms with van der Waals surface area (Å²) >= 11 is 0. The number of nitrogens with zero attached hydrogens (tertiary/aromatic N) is 1. The Morgan fingerprint density at radius 3 is 2.47 bits per heavy atom.